The summed E-state index contributed by atoms with van der Waals surface area (Å²) in [4.78, 5) is 18.9. The van der Waals surface area contributed by atoms with Gasteiger partial charge < -0.3 is 10.1 Å². The molecular formula is C12H14N2O2. The zero-order valence-electron chi connectivity index (χ0n) is 9.32. The van der Waals surface area contributed by atoms with Crippen molar-refractivity contribution < 1.29 is 5.11 Å². The summed E-state index contributed by atoms with van der Waals surface area (Å²) in [5.74, 6) is 0. The van der Waals surface area contributed by atoms with Gasteiger partial charge in [-0.1, -0.05) is 26.0 Å². The standard InChI is InChI=1S/C12H14N2O2/c1-12(2,7-15)10-11(16)14-9-6-4-3-5-8(9)13-10/h3-6,15H,7H2,1-2H3,(H,14,16). The lowest BCUT2D eigenvalue weighted by Crippen LogP contribution is -2.32. The Morgan fingerprint density at radius 1 is 1.38 bits per heavy atom. The van der Waals surface area contributed by atoms with Gasteiger partial charge in [-0.2, -0.15) is 0 Å². The minimum Gasteiger partial charge on any atom is -0.395 e. The van der Waals surface area contributed by atoms with Crippen molar-refractivity contribution in [3.8, 4) is 0 Å². The van der Waals surface area contributed by atoms with Crippen LogP contribution in [0.25, 0.3) is 11.0 Å². The van der Waals surface area contributed by atoms with Gasteiger partial charge in [0.15, 0.2) is 0 Å². The highest BCUT2D eigenvalue weighted by molar-refractivity contribution is 5.73. The molecular weight excluding hydrogens is 204 g/mol. The molecule has 84 valence electrons. The molecule has 0 spiro atoms. The molecule has 0 saturated carbocycles. The molecule has 4 heteroatoms. The van der Waals surface area contributed by atoms with E-state index in [2.05, 4.69) is 9.97 Å². The van der Waals surface area contributed by atoms with Crippen LogP contribution in [-0.2, 0) is 5.41 Å². The number of H-pyrrole nitrogens is 1. The first-order chi connectivity index (χ1) is 7.54. The topological polar surface area (TPSA) is 66.0 Å². The third-order valence-electron chi connectivity index (χ3n) is 2.64. The molecule has 2 N–H and O–H groups in total. The van der Waals surface area contributed by atoms with Gasteiger partial charge in [-0.3, -0.25) is 4.79 Å². The van der Waals surface area contributed by atoms with Crippen LogP contribution in [0.15, 0.2) is 29.1 Å². The molecule has 0 amide bonds. The minimum atomic E-state index is -0.627. The van der Waals surface area contributed by atoms with Crippen LogP contribution >= 0.6 is 0 Å². The molecule has 0 aliphatic heterocycles. The van der Waals surface area contributed by atoms with Crippen molar-refractivity contribution in [3.05, 3.63) is 40.3 Å². The SMILES string of the molecule is CC(C)(CO)c1nc2ccccc2[nH]c1=O. The second-order valence-electron chi connectivity index (χ2n) is 4.47. The number of aromatic amines is 1. The van der Waals surface area contributed by atoms with Gasteiger partial charge in [0, 0.05) is 5.41 Å². The molecule has 0 bridgehead atoms. The minimum absolute atomic E-state index is 0.110. The predicted molar refractivity (Wildman–Crippen MR) is 62.5 cm³/mol. The third kappa shape index (κ3) is 1.72. The molecule has 1 heterocycles. The normalized spacial score (nSPS) is 11.9. The number of hydrogen-bond acceptors (Lipinski definition) is 3. The average molecular weight is 218 g/mol. The van der Waals surface area contributed by atoms with Gasteiger partial charge >= 0.3 is 0 Å². The van der Waals surface area contributed by atoms with E-state index in [9.17, 15) is 9.90 Å². The van der Waals surface area contributed by atoms with Crippen LogP contribution in [0.3, 0.4) is 0 Å². The molecule has 0 aliphatic rings. The van der Waals surface area contributed by atoms with Gasteiger partial charge in [-0.05, 0) is 12.1 Å². The van der Waals surface area contributed by atoms with Crippen molar-refractivity contribution in [1.29, 1.82) is 0 Å². The lowest BCUT2D eigenvalue weighted by Gasteiger charge is -2.19. The van der Waals surface area contributed by atoms with Crippen LogP contribution in [0, 0.1) is 0 Å². The summed E-state index contributed by atoms with van der Waals surface area (Å²) in [5, 5.41) is 9.25. The van der Waals surface area contributed by atoms with Gasteiger partial charge in [-0.15, -0.1) is 0 Å². The van der Waals surface area contributed by atoms with Crippen molar-refractivity contribution >= 4 is 11.0 Å². The first-order valence-corrected chi connectivity index (χ1v) is 5.15. The number of para-hydroxylation sites is 2. The smallest absolute Gasteiger partial charge is 0.270 e. The van der Waals surface area contributed by atoms with E-state index >= 15 is 0 Å². The first-order valence-electron chi connectivity index (χ1n) is 5.15. The fourth-order valence-corrected chi connectivity index (χ4v) is 1.56. The number of aromatic nitrogens is 2. The molecule has 16 heavy (non-hydrogen) atoms. The Kier molecular flexibility index (Phi) is 2.52. The second kappa shape index (κ2) is 3.72. The van der Waals surface area contributed by atoms with E-state index in [0.29, 0.717) is 11.2 Å². The van der Waals surface area contributed by atoms with Crippen LogP contribution < -0.4 is 5.56 Å². The largest absolute Gasteiger partial charge is 0.395 e. The zero-order chi connectivity index (χ0) is 11.8. The molecule has 1 aromatic carbocycles. The van der Waals surface area contributed by atoms with Gasteiger partial charge in [0.25, 0.3) is 5.56 Å². The van der Waals surface area contributed by atoms with Crippen LogP contribution in [0.1, 0.15) is 19.5 Å². The quantitative estimate of drug-likeness (QED) is 0.795. The number of nitrogens with one attached hydrogen (secondary N) is 1. The summed E-state index contributed by atoms with van der Waals surface area (Å²) in [5.41, 5.74) is 0.951. The number of fused-ring (bicyclic) bond motifs is 1. The summed E-state index contributed by atoms with van der Waals surface area (Å²) in [7, 11) is 0. The summed E-state index contributed by atoms with van der Waals surface area (Å²) in [6, 6.07) is 7.35. The van der Waals surface area contributed by atoms with E-state index in [0.717, 1.165) is 5.52 Å². The Labute approximate surface area is 93.0 Å². The van der Waals surface area contributed by atoms with Gasteiger partial charge in [0.05, 0.1) is 17.6 Å². The number of hydrogen-bond donors (Lipinski definition) is 2. The summed E-state index contributed by atoms with van der Waals surface area (Å²) < 4.78 is 0. The van der Waals surface area contributed by atoms with E-state index < -0.39 is 5.41 Å². The fraction of sp³-hybridized carbons (Fsp3) is 0.333. The number of aliphatic hydroxyl groups is 1. The maximum absolute atomic E-state index is 11.8. The van der Waals surface area contributed by atoms with Gasteiger partial charge in [0.1, 0.15) is 5.69 Å². The Morgan fingerprint density at radius 3 is 2.75 bits per heavy atom. The monoisotopic (exact) mass is 218 g/mol. The first kappa shape index (κ1) is 10.8. The van der Waals surface area contributed by atoms with E-state index in [1.807, 2.05) is 18.2 Å². The molecule has 0 radical (unpaired) electrons. The average Bonchev–Trinajstić information content (AvgIpc) is 2.28. The highest BCUT2D eigenvalue weighted by Gasteiger charge is 2.25. The Hall–Kier alpha value is -1.68. The van der Waals surface area contributed by atoms with Crippen molar-refractivity contribution in [2.75, 3.05) is 6.61 Å². The maximum atomic E-state index is 11.8. The molecule has 0 unspecified atom stereocenters. The molecule has 0 fully saturated rings. The summed E-state index contributed by atoms with van der Waals surface area (Å²) >= 11 is 0. The molecule has 0 saturated heterocycles. The molecule has 2 rings (SSSR count). The lowest BCUT2D eigenvalue weighted by atomic mass is 9.90. The van der Waals surface area contributed by atoms with Gasteiger partial charge in [-0.25, -0.2) is 4.98 Å². The fourth-order valence-electron chi connectivity index (χ4n) is 1.56. The van der Waals surface area contributed by atoms with Crippen molar-refractivity contribution in [1.82, 2.24) is 9.97 Å². The molecule has 0 aliphatic carbocycles. The van der Waals surface area contributed by atoms with Crippen LogP contribution in [0.4, 0.5) is 0 Å². The molecule has 4 nitrogen and oxygen atoms in total. The summed E-state index contributed by atoms with van der Waals surface area (Å²) in [6.07, 6.45) is 0. The van der Waals surface area contributed by atoms with E-state index in [-0.39, 0.29) is 12.2 Å². The number of benzene rings is 1. The maximum Gasteiger partial charge on any atom is 0.270 e. The van der Waals surface area contributed by atoms with E-state index in [1.165, 1.54) is 0 Å². The zero-order valence-corrected chi connectivity index (χ0v) is 9.32. The van der Waals surface area contributed by atoms with Crippen molar-refractivity contribution in [2.45, 2.75) is 19.3 Å². The number of aliphatic hydroxyl groups excluding tert-OH is 1. The Balaban J connectivity index is 2.73. The number of rotatable bonds is 2. The highest BCUT2D eigenvalue weighted by Crippen LogP contribution is 2.18. The van der Waals surface area contributed by atoms with E-state index in [1.54, 1.807) is 19.9 Å². The second-order valence-corrected chi connectivity index (χ2v) is 4.47. The van der Waals surface area contributed by atoms with Crippen LogP contribution in [0.5, 0.6) is 0 Å². The Morgan fingerprint density at radius 2 is 2.06 bits per heavy atom. The predicted octanol–water partition coefficient (Wildman–Crippen LogP) is 1.19. The third-order valence-corrected chi connectivity index (χ3v) is 2.64. The Bertz CT molecular complexity index is 572. The van der Waals surface area contributed by atoms with Crippen LogP contribution in [0.2, 0.25) is 0 Å². The van der Waals surface area contributed by atoms with Gasteiger partial charge in [0.2, 0.25) is 0 Å². The molecule has 0 atom stereocenters. The lowest BCUT2D eigenvalue weighted by molar-refractivity contribution is 0.214. The van der Waals surface area contributed by atoms with E-state index in [4.69, 9.17) is 0 Å². The van der Waals surface area contributed by atoms with Crippen molar-refractivity contribution in [3.63, 3.8) is 0 Å². The molecule has 2 aromatic rings. The summed E-state index contributed by atoms with van der Waals surface area (Å²) in [6.45, 7) is 3.47. The van der Waals surface area contributed by atoms with Crippen molar-refractivity contribution in [2.24, 2.45) is 0 Å². The molecule has 1 aromatic heterocycles. The highest BCUT2D eigenvalue weighted by atomic mass is 16.3. The number of nitrogens with zero attached hydrogens (tertiary/aromatic N) is 1. The van der Waals surface area contributed by atoms with Crippen LogP contribution in [-0.4, -0.2) is 21.7 Å².